The second kappa shape index (κ2) is 11.2. The fourth-order valence-electron chi connectivity index (χ4n) is 5.03. The lowest BCUT2D eigenvalue weighted by atomic mass is 9.83. The number of piperidine rings is 2. The van der Waals surface area contributed by atoms with Crippen LogP contribution in [0.1, 0.15) is 70.6 Å². The summed E-state index contributed by atoms with van der Waals surface area (Å²) >= 11 is 0. The summed E-state index contributed by atoms with van der Waals surface area (Å²) in [5, 5.41) is 15.6. The molecule has 1 unspecified atom stereocenters. The van der Waals surface area contributed by atoms with E-state index in [9.17, 15) is 9.59 Å². The quantitative estimate of drug-likeness (QED) is 0.637. The van der Waals surface area contributed by atoms with E-state index in [1.54, 1.807) is 0 Å². The zero-order valence-corrected chi connectivity index (χ0v) is 17.1. The van der Waals surface area contributed by atoms with Gasteiger partial charge in [0.1, 0.15) is 0 Å². The molecule has 2 heterocycles. The first kappa shape index (κ1) is 22.4. The van der Waals surface area contributed by atoms with Crippen molar-refractivity contribution in [1.82, 2.24) is 15.5 Å². The van der Waals surface area contributed by atoms with Gasteiger partial charge < -0.3 is 15.7 Å². The van der Waals surface area contributed by atoms with E-state index in [0.717, 1.165) is 77.4 Å². The van der Waals surface area contributed by atoms with Crippen LogP contribution in [0.4, 0.5) is 0 Å². The van der Waals surface area contributed by atoms with Gasteiger partial charge in [-0.3, -0.25) is 14.5 Å². The normalized spacial score (nSPS) is 30.3. The van der Waals surface area contributed by atoms with E-state index in [2.05, 4.69) is 15.5 Å². The van der Waals surface area contributed by atoms with Crippen LogP contribution in [-0.2, 0) is 9.59 Å². The molecule has 0 aromatic carbocycles. The fourth-order valence-corrected chi connectivity index (χ4v) is 5.03. The lowest BCUT2D eigenvalue weighted by molar-refractivity contribution is -0.137. The number of nitrogens with zero attached hydrogens (tertiary/aromatic N) is 1. The van der Waals surface area contributed by atoms with E-state index in [1.165, 1.54) is 6.42 Å². The van der Waals surface area contributed by atoms with Crippen LogP contribution in [0.15, 0.2) is 0 Å². The molecular formula is C20H36ClN3O3. The van der Waals surface area contributed by atoms with E-state index >= 15 is 0 Å². The van der Waals surface area contributed by atoms with Gasteiger partial charge in [-0.1, -0.05) is 6.42 Å². The summed E-state index contributed by atoms with van der Waals surface area (Å²) in [5.41, 5.74) is 0. The maximum Gasteiger partial charge on any atom is 0.303 e. The summed E-state index contributed by atoms with van der Waals surface area (Å²) in [6, 6.07) is 0.885. The molecule has 0 radical (unpaired) electrons. The largest absolute Gasteiger partial charge is 0.481 e. The maximum atomic E-state index is 13.0. The van der Waals surface area contributed by atoms with Crippen molar-refractivity contribution in [1.29, 1.82) is 0 Å². The Morgan fingerprint density at radius 3 is 2.37 bits per heavy atom. The molecule has 1 amide bonds. The molecule has 0 aromatic heterocycles. The number of likely N-dealkylation sites (tertiary alicyclic amines) is 1. The fraction of sp³-hybridized carbons (Fsp3) is 0.900. The SMILES string of the molecule is Cl.O=C(O)CCC1CCC(NC(=O)C2CCCCN2C2CCNCC2)CC1. The van der Waals surface area contributed by atoms with Gasteiger partial charge in [-0.05, 0) is 83.3 Å². The van der Waals surface area contributed by atoms with Crippen LogP contribution in [0.5, 0.6) is 0 Å². The monoisotopic (exact) mass is 401 g/mol. The Kier molecular flexibility index (Phi) is 9.33. The first-order valence-corrected chi connectivity index (χ1v) is 10.6. The van der Waals surface area contributed by atoms with Crippen molar-refractivity contribution in [2.45, 2.75) is 88.8 Å². The van der Waals surface area contributed by atoms with Crippen LogP contribution in [-0.4, -0.2) is 59.6 Å². The average Bonchev–Trinajstić information content (AvgIpc) is 2.68. The molecule has 0 aromatic rings. The van der Waals surface area contributed by atoms with Crippen molar-refractivity contribution in [2.75, 3.05) is 19.6 Å². The van der Waals surface area contributed by atoms with Crippen LogP contribution < -0.4 is 10.6 Å². The second-order valence-electron chi connectivity index (χ2n) is 8.39. The lowest BCUT2D eigenvalue weighted by Gasteiger charge is -2.42. The molecule has 0 bridgehead atoms. The van der Waals surface area contributed by atoms with Crippen molar-refractivity contribution in [3.8, 4) is 0 Å². The zero-order valence-electron chi connectivity index (χ0n) is 16.3. The van der Waals surface area contributed by atoms with Crippen LogP contribution in [0.2, 0.25) is 0 Å². The summed E-state index contributed by atoms with van der Waals surface area (Å²) in [5.74, 6) is 0.0492. The molecule has 1 saturated carbocycles. The molecule has 3 N–H and O–H groups in total. The highest BCUT2D eigenvalue weighted by Gasteiger charge is 2.35. The summed E-state index contributed by atoms with van der Waals surface area (Å²) < 4.78 is 0. The Morgan fingerprint density at radius 2 is 1.70 bits per heavy atom. The number of rotatable bonds is 6. The van der Waals surface area contributed by atoms with Gasteiger partial charge in [-0.15, -0.1) is 12.4 Å². The predicted octanol–water partition coefficient (Wildman–Crippen LogP) is 2.55. The molecule has 7 heteroatoms. The zero-order chi connectivity index (χ0) is 18.4. The third kappa shape index (κ3) is 6.61. The molecule has 1 aliphatic carbocycles. The molecule has 2 aliphatic heterocycles. The molecule has 27 heavy (non-hydrogen) atoms. The van der Waals surface area contributed by atoms with Gasteiger partial charge in [0.15, 0.2) is 0 Å². The number of carbonyl (C=O) groups is 2. The average molecular weight is 402 g/mol. The summed E-state index contributed by atoms with van der Waals surface area (Å²) in [6.45, 7) is 3.19. The summed E-state index contributed by atoms with van der Waals surface area (Å²) in [6.07, 6.45) is 10.8. The van der Waals surface area contributed by atoms with E-state index in [4.69, 9.17) is 5.11 Å². The maximum absolute atomic E-state index is 13.0. The Morgan fingerprint density at radius 1 is 1.00 bits per heavy atom. The number of hydrogen-bond donors (Lipinski definition) is 3. The number of amides is 1. The smallest absolute Gasteiger partial charge is 0.303 e. The van der Waals surface area contributed by atoms with Crippen molar-refractivity contribution < 1.29 is 14.7 Å². The molecule has 3 aliphatic rings. The van der Waals surface area contributed by atoms with Gasteiger partial charge in [0.05, 0.1) is 6.04 Å². The summed E-state index contributed by atoms with van der Waals surface area (Å²) in [4.78, 5) is 26.2. The molecule has 156 valence electrons. The highest BCUT2D eigenvalue weighted by atomic mass is 35.5. The molecular weight excluding hydrogens is 366 g/mol. The van der Waals surface area contributed by atoms with Gasteiger partial charge in [0.2, 0.25) is 5.91 Å². The third-order valence-corrected chi connectivity index (χ3v) is 6.58. The minimum atomic E-state index is -0.698. The van der Waals surface area contributed by atoms with E-state index in [1.807, 2.05) is 0 Å². The van der Waals surface area contributed by atoms with Crippen molar-refractivity contribution >= 4 is 24.3 Å². The van der Waals surface area contributed by atoms with Gasteiger partial charge in [0, 0.05) is 18.5 Å². The van der Waals surface area contributed by atoms with Gasteiger partial charge >= 0.3 is 5.97 Å². The Hall–Kier alpha value is -0.850. The Balaban J connectivity index is 0.00000261. The molecule has 3 fully saturated rings. The molecule has 2 saturated heterocycles. The number of nitrogens with one attached hydrogen (secondary N) is 2. The number of hydrogen-bond acceptors (Lipinski definition) is 4. The first-order chi connectivity index (χ1) is 12.6. The lowest BCUT2D eigenvalue weighted by Crippen LogP contribution is -2.57. The number of carboxylic acid groups (broad SMARTS) is 1. The number of aliphatic carboxylic acids is 1. The Labute approximate surface area is 169 Å². The molecule has 6 nitrogen and oxygen atoms in total. The van der Waals surface area contributed by atoms with E-state index in [-0.39, 0.29) is 36.8 Å². The molecule has 3 rings (SSSR count). The molecule has 0 spiro atoms. The van der Waals surface area contributed by atoms with Gasteiger partial charge in [0.25, 0.3) is 0 Å². The van der Waals surface area contributed by atoms with Crippen molar-refractivity contribution in [3.05, 3.63) is 0 Å². The third-order valence-electron chi connectivity index (χ3n) is 6.58. The van der Waals surface area contributed by atoms with Gasteiger partial charge in [-0.2, -0.15) is 0 Å². The first-order valence-electron chi connectivity index (χ1n) is 10.6. The topological polar surface area (TPSA) is 81.7 Å². The number of carboxylic acids is 1. The predicted molar refractivity (Wildman–Crippen MR) is 108 cm³/mol. The van der Waals surface area contributed by atoms with Crippen LogP contribution in [0, 0.1) is 5.92 Å². The number of carbonyl (C=O) groups excluding carboxylic acids is 1. The van der Waals surface area contributed by atoms with Crippen molar-refractivity contribution in [2.24, 2.45) is 5.92 Å². The van der Waals surface area contributed by atoms with Gasteiger partial charge in [-0.25, -0.2) is 0 Å². The number of halogens is 1. The molecule has 1 atom stereocenters. The Bertz CT molecular complexity index is 477. The summed E-state index contributed by atoms with van der Waals surface area (Å²) in [7, 11) is 0. The highest BCUT2D eigenvalue weighted by Crippen LogP contribution is 2.29. The highest BCUT2D eigenvalue weighted by molar-refractivity contribution is 5.85. The van der Waals surface area contributed by atoms with Crippen LogP contribution in [0.25, 0.3) is 0 Å². The van der Waals surface area contributed by atoms with Crippen molar-refractivity contribution in [3.63, 3.8) is 0 Å². The minimum absolute atomic E-state index is 0. The van der Waals surface area contributed by atoms with E-state index < -0.39 is 5.97 Å². The van der Waals surface area contributed by atoms with Crippen LogP contribution >= 0.6 is 12.4 Å². The van der Waals surface area contributed by atoms with Crippen LogP contribution in [0.3, 0.4) is 0 Å². The van der Waals surface area contributed by atoms with E-state index in [0.29, 0.717) is 12.0 Å². The standard InChI is InChI=1S/C20H35N3O3.ClH/c24-19(25)9-6-15-4-7-16(8-5-15)22-20(26)18-3-1-2-14-23(18)17-10-12-21-13-11-17;/h15-18,21H,1-14H2,(H,22,26)(H,24,25);1H. The second-order valence-corrected chi connectivity index (χ2v) is 8.39. The minimum Gasteiger partial charge on any atom is -0.481 e.